The first-order valence-corrected chi connectivity index (χ1v) is 14.2. The molecule has 0 bridgehead atoms. The van der Waals surface area contributed by atoms with Gasteiger partial charge in [0.25, 0.3) is 0 Å². The van der Waals surface area contributed by atoms with E-state index in [4.69, 9.17) is 0 Å². The number of thiophene rings is 1. The minimum Gasteiger partial charge on any atom is -0.309 e. The molecule has 0 aliphatic carbocycles. The number of hydrogen-bond donors (Lipinski definition) is 0. The molecule has 0 spiro atoms. The third-order valence-corrected chi connectivity index (χ3v) is 9.43. The Kier molecular flexibility index (Phi) is 4.31. The lowest BCUT2D eigenvalue weighted by atomic mass is 9.92. The van der Waals surface area contributed by atoms with E-state index in [9.17, 15) is 5.26 Å². The molecule has 2 heterocycles. The van der Waals surface area contributed by atoms with Crippen LogP contribution in [0.25, 0.3) is 80.3 Å². The van der Waals surface area contributed by atoms with Gasteiger partial charge in [-0.1, -0.05) is 72.8 Å². The van der Waals surface area contributed by atoms with Gasteiger partial charge in [0.2, 0.25) is 0 Å². The minimum atomic E-state index is 0.655. The first-order chi connectivity index (χ1) is 19.8. The van der Waals surface area contributed by atoms with Crippen LogP contribution in [-0.2, 0) is 0 Å². The van der Waals surface area contributed by atoms with E-state index < -0.39 is 0 Å². The largest absolute Gasteiger partial charge is 0.309 e. The Balaban J connectivity index is 1.38. The second-order valence-corrected chi connectivity index (χ2v) is 11.6. The normalized spacial score (nSPS) is 12.0. The zero-order chi connectivity index (χ0) is 26.4. The van der Waals surface area contributed by atoms with Crippen LogP contribution in [0, 0.1) is 11.3 Å². The molecule has 3 heteroatoms. The molecule has 40 heavy (non-hydrogen) atoms. The summed E-state index contributed by atoms with van der Waals surface area (Å²) >= 11 is 1.85. The molecule has 0 saturated heterocycles. The molecule has 9 rings (SSSR count). The lowest BCUT2D eigenvalue weighted by molar-refractivity contribution is 1.18. The van der Waals surface area contributed by atoms with Crippen LogP contribution >= 0.6 is 11.3 Å². The summed E-state index contributed by atoms with van der Waals surface area (Å²) in [6, 6.07) is 45.8. The van der Waals surface area contributed by atoms with Crippen LogP contribution in [-0.4, -0.2) is 4.57 Å². The van der Waals surface area contributed by atoms with Crippen molar-refractivity contribution in [2.24, 2.45) is 0 Å². The van der Waals surface area contributed by atoms with Gasteiger partial charge in [0.1, 0.15) is 0 Å². The van der Waals surface area contributed by atoms with Crippen LogP contribution in [0.1, 0.15) is 5.56 Å². The van der Waals surface area contributed by atoms with Crippen molar-refractivity contribution >= 4 is 74.9 Å². The zero-order valence-electron chi connectivity index (χ0n) is 21.3. The molecule has 0 aliphatic rings. The second kappa shape index (κ2) is 7.93. The highest BCUT2D eigenvalue weighted by Crippen LogP contribution is 2.46. The van der Waals surface area contributed by atoms with Crippen LogP contribution in [0.3, 0.4) is 0 Å². The Morgan fingerprint density at radius 2 is 1.10 bits per heavy atom. The van der Waals surface area contributed by atoms with Crippen LogP contribution in [0.4, 0.5) is 0 Å². The topological polar surface area (TPSA) is 28.7 Å². The summed E-state index contributed by atoms with van der Waals surface area (Å²) in [7, 11) is 0. The summed E-state index contributed by atoms with van der Waals surface area (Å²) in [6.07, 6.45) is 0. The number of hydrogen-bond acceptors (Lipinski definition) is 2. The molecule has 0 saturated carbocycles. The zero-order valence-corrected chi connectivity index (χ0v) is 22.2. The highest BCUT2D eigenvalue weighted by Gasteiger charge is 2.18. The molecular weight excluding hydrogens is 504 g/mol. The number of nitrogens with zero attached hydrogens (tertiary/aromatic N) is 2. The van der Waals surface area contributed by atoms with Gasteiger partial charge in [0, 0.05) is 36.6 Å². The van der Waals surface area contributed by atoms with Crippen LogP contribution in [0.2, 0.25) is 0 Å². The molecule has 2 nitrogen and oxygen atoms in total. The molecule has 184 valence electrons. The van der Waals surface area contributed by atoms with Crippen molar-refractivity contribution in [1.29, 1.82) is 5.26 Å². The van der Waals surface area contributed by atoms with Crippen LogP contribution in [0.5, 0.6) is 0 Å². The highest BCUT2D eigenvalue weighted by atomic mass is 32.1. The fourth-order valence-corrected chi connectivity index (χ4v) is 7.87. The third-order valence-electron chi connectivity index (χ3n) is 8.32. The highest BCUT2D eigenvalue weighted by molar-refractivity contribution is 7.26. The van der Waals surface area contributed by atoms with Crippen molar-refractivity contribution in [1.82, 2.24) is 4.57 Å². The van der Waals surface area contributed by atoms with Crippen molar-refractivity contribution in [3.63, 3.8) is 0 Å². The number of fused-ring (bicyclic) bond motifs is 6. The van der Waals surface area contributed by atoms with Gasteiger partial charge in [-0.2, -0.15) is 5.26 Å². The molecule has 0 N–H and O–H groups in total. The smallest absolute Gasteiger partial charge is 0.0992 e. The Labute approximate surface area is 233 Å². The fraction of sp³-hybridized carbons (Fsp3) is 0. The standard InChI is InChI=1S/C37H20N2S/c38-21-22-16-23(18-25(17-22)39-32-13-5-3-10-28(32)29-11-4-6-14-33(29)39)24-19-31-27-9-2-1-8-26(27)30-12-7-15-34-36(30)37(31)35(20-24)40-34/h1-20H. The van der Waals surface area contributed by atoms with E-state index in [1.807, 2.05) is 23.5 Å². The molecule has 2 aromatic heterocycles. The Hall–Kier alpha value is -5.17. The number of rotatable bonds is 2. The summed E-state index contributed by atoms with van der Waals surface area (Å²) < 4.78 is 4.89. The summed E-state index contributed by atoms with van der Waals surface area (Å²) in [6.45, 7) is 0. The predicted molar refractivity (Wildman–Crippen MR) is 170 cm³/mol. The first-order valence-electron chi connectivity index (χ1n) is 13.4. The van der Waals surface area contributed by atoms with E-state index in [1.165, 1.54) is 52.5 Å². The summed E-state index contributed by atoms with van der Waals surface area (Å²) in [5, 5.41) is 20.4. The van der Waals surface area contributed by atoms with E-state index >= 15 is 0 Å². The predicted octanol–water partition coefficient (Wildman–Crippen LogP) is 10.4. The van der Waals surface area contributed by atoms with Crippen molar-refractivity contribution in [3.05, 3.63) is 127 Å². The molecule has 9 aromatic rings. The maximum Gasteiger partial charge on any atom is 0.0992 e. The van der Waals surface area contributed by atoms with Gasteiger partial charge in [0.05, 0.1) is 22.7 Å². The van der Waals surface area contributed by atoms with Gasteiger partial charge in [0.15, 0.2) is 0 Å². The number of benzene rings is 7. The van der Waals surface area contributed by atoms with Gasteiger partial charge in [-0.05, 0) is 81.2 Å². The summed E-state index contributed by atoms with van der Waals surface area (Å²) in [5.41, 5.74) is 6.12. The van der Waals surface area contributed by atoms with E-state index in [1.54, 1.807) is 0 Å². The number of aromatic nitrogens is 1. The van der Waals surface area contributed by atoms with E-state index in [0.29, 0.717) is 5.56 Å². The summed E-state index contributed by atoms with van der Waals surface area (Å²) in [4.78, 5) is 0. The van der Waals surface area contributed by atoms with Gasteiger partial charge < -0.3 is 4.57 Å². The lowest BCUT2D eigenvalue weighted by Crippen LogP contribution is -1.96. The van der Waals surface area contributed by atoms with E-state index in [-0.39, 0.29) is 0 Å². The van der Waals surface area contributed by atoms with E-state index in [0.717, 1.165) is 27.8 Å². The molecule has 0 atom stereocenters. The maximum absolute atomic E-state index is 10.1. The second-order valence-electron chi connectivity index (χ2n) is 10.5. The van der Waals surface area contributed by atoms with Gasteiger partial charge in [-0.15, -0.1) is 11.3 Å². The fourth-order valence-electron chi connectivity index (χ4n) is 6.67. The SMILES string of the molecule is N#Cc1cc(-c2cc3sc4cccc5c6ccccc6c(c2)c3c45)cc(-n2c3ccccc3c3ccccc32)c1. The van der Waals surface area contributed by atoms with Gasteiger partial charge >= 0.3 is 0 Å². The van der Waals surface area contributed by atoms with Crippen molar-refractivity contribution in [2.45, 2.75) is 0 Å². The number of para-hydroxylation sites is 2. The van der Waals surface area contributed by atoms with Crippen molar-refractivity contribution in [2.75, 3.05) is 0 Å². The quantitative estimate of drug-likeness (QED) is 0.207. The molecule has 0 fully saturated rings. The third kappa shape index (κ3) is 2.86. The maximum atomic E-state index is 10.1. The number of nitriles is 1. The Morgan fingerprint density at radius 1 is 0.500 bits per heavy atom. The van der Waals surface area contributed by atoms with Crippen LogP contribution in [0.15, 0.2) is 121 Å². The first kappa shape index (κ1) is 21.7. The molecule has 0 aliphatic heterocycles. The van der Waals surface area contributed by atoms with Crippen molar-refractivity contribution < 1.29 is 0 Å². The van der Waals surface area contributed by atoms with Gasteiger partial charge in [-0.3, -0.25) is 0 Å². The molecule has 0 unspecified atom stereocenters. The van der Waals surface area contributed by atoms with Crippen LogP contribution < -0.4 is 0 Å². The lowest BCUT2D eigenvalue weighted by Gasteiger charge is -2.13. The van der Waals surface area contributed by atoms with E-state index in [2.05, 4.69) is 120 Å². The molecule has 0 radical (unpaired) electrons. The molecule has 0 amide bonds. The summed E-state index contributed by atoms with van der Waals surface area (Å²) in [5.74, 6) is 0. The minimum absolute atomic E-state index is 0.655. The molecule has 7 aromatic carbocycles. The monoisotopic (exact) mass is 524 g/mol. The van der Waals surface area contributed by atoms with Crippen molar-refractivity contribution in [3.8, 4) is 22.9 Å². The Morgan fingerprint density at radius 3 is 1.82 bits per heavy atom. The Bertz CT molecular complexity index is 2450. The van der Waals surface area contributed by atoms with Gasteiger partial charge in [-0.25, -0.2) is 0 Å². The average Bonchev–Trinajstić information content (AvgIpc) is 3.56. The average molecular weight is 525 g/mol. The molecular formula is C37H20N2S.